The number of rotatable bonds is 7. The Bertz CT molecular complexity index is 763. The van der Waals surface area contributed by atoms with E-state index in [0.717, 1.165) is 0 Å². The monoisotopic (exact) mass is 308 g/mol. The summed E-state index contributed by atoms with van der Waals surface area (Å²) in [6.45, 7) is 3.32. The van der Waals surface area contributed by atoms with Gasteiger partial charge < -0.3 is 19.2 Å². The first kappa shape index (κ1) is 16.1. The normalized spacial score (nSPS) is 10.9. The van der Waals surface area contributed by atoms with Gasteiger partial charge in [-0.25, -0.2) is 4.79 Å². The molecule has 2 rings (SSSR count). The van der Waals surface area contributed by atoms with Gasteiger partial charge in [0.15, 0.2) is 11.5 Å². The summed E-state index contributed by atoms with van der Waals surface area (Å²) in [6, 6.07) is 3.16. The number of aromatic amines is 1. The Balaban J connectivity index is 2.47. The van der Waals surface area contributed by atoms with E-state index in [0.29, 0.717) is 48.6 Å². The van der Waals surface area contributed by atoms with Crippen molar-refractivity contribution in [2.45, 2.75) is 19.9 Å². The van der Waals surface area contributed by atoms with Crippen LogP contribution in [0.4, 0.5) is 0 Å². The topological polar surface area (TPSA) is 82.6 Å². The van der Waals surface area contributed by atoms with E-state index in [1.54, 1.807) is 12.1 Å². The number of aromatic nitrogens is 2. The Morgan fingerprint density at radius 1 is 1.14 bits per heavy atom. The van der Waals surface area contributed by atoms with Crippen molar-refractivity contribution in [1.29, 1.82) is 0 Å². The molecule has 7 heteroatoms. The molecule has 0 amide bonds. The number of nitrogens with zero attached hydrogens (tertiary/aromatic N) is 1. The average Bonchev–Trinajstić information content (AvgIpc) is 2.52. The first-order chi connectivity index (χ1) is 10.6. The lowest BCUT2D eigenvalue weighted by atomic mass is 10.2. The van der Waals surface area contributed by atoms with Crippen molar-refractivity contribution in [2.75, 3.05) is 27.4 Å². The number of benzene rings is 1. The minimum atomic E-state index is -0.443. The van der Waals surface area contributed by atoms with Crippen LogP contribution in [0.15, 0.2) is 21.7 Å². The molecule has 0 atom stereocenters. The lowest BCUT2D eigenvalue weighted by Gasteiger charge is -2.10. The zero-order valence-corrected chi connectivity index (χ0v) is 13.0. The molecule has 0 aliphatic carbocycles. The summed E-state index contributed by atoms with van der Waals surface area (Å²) < 4.78 is 16.8. The van der Waals surface area contributed by atoms with Crippen LogP contribution in [-0.4, -0.2) is 37.0 Å². The summed E-state index contributed by atoms with van der Waals surface area (Å²) in [4.78, 5) is 27.3. The largest absolute Gasteiger partial charge is 0.493 e. The highest BCUT2D eigenvalue weighted by Gasteiger charge is 2.12. The molecule has 22 heavy (non-hydrogen) atoms. The Kier molecular flexibility index (Phi) is 5.21. The highest BCUT2D eigenvalue weighted by atomic mass is 16.5. The third-order valence-electron chi connectivity index (χ3n) is 3.36. The molecule has 1 aromatic heterocycles. The minimum Gasteiger partial charge on any atom is -0.493 e. The standard InChI is InChI=1S/C15H20N2O5/c1-4-22-7-5-6-17-14(18)10-8-12(20-2)13(21-3)9-11(10)16-15(17)19/h8-9H,4-7H2,1-3H3,(H,16,19). The van der Waals surface area contributed by atoms with Crippen LogP contribution in [0.25, 0.3) is 10.9 Å². The molecule has 2 aromatic rings. The van der Waals surface area contributed by atoms with E-state index in [-0.39, 0.29) is 5.56 Å². The van der Waals surface area contributed by atoms with E-state index in [1.807, 2.05) is 6.92 Å². The maximum Gasteiger partial charge on any atom is 0.328 e. The van der Waals surface area contributed by atoms with Gasteiger partial charge in [-0.1, -0.05) is 0 Å². The first-order valence-electron chi connectivity index (χ1n) is 7.09. The highest BCUT2D eigenvalue weighted by Crippen LogP contribution is 2.29. The lowest BCUT2D eigenvalue weighted by molar-refractivity contribution is 0.141. The number of fused-ring (bicyclic) bond motifs is 1. The lowest BCUT2D eigenvalue weighted by Crippen LogP contribution is -2.35. The van der Waals surface area contributed by atoms with Gasteiger partial charge in [0.05, 0.1) is 25.1 Å². The number of ether oxygens (including phenoxy) is 3. The van der Waals surface area contributed by atoms with Crippen LogP contribution >= 0.6 is 0 Å². The van der Waals surface area contributed by atoms with Crippen LogP contribution < -0.4 is 20.7 Å². The van der Waals surface area contributed by atoms with E-state index in [9.17, 15) is 9.59 Å². The number of methoxy groups -OCH3 is 2. The summed E-state index contributed by atoms with van der Waals surface area (Å²) in [5, 5.41) is 0.383. The molecular weight excluding hydrogens is 288 g/mol. The van der Waals surface area contributed by atoms with Crippen LogP contribution in [0.1, 0.15) is 13.3 Å². The summed E-state index contributed by atoms with van der Waals surface area (Å²) in [5.41, 5.74) is -0.369. The van der Waals surface area contributed by atoms with E-state index in [2.05, 4.69) is 4.98 Å². The Morgan fingerprint density at radius 2 is 1.82 bits per heavy atom. The number of hydrogen-bond donors (Lipinski definition) is 1. The third kappa shape index (κ3) is 3.14. The molecule has 0 spiro atoms. The molecule has 0 unspecified atom stereocenters. The Hall–Kier alpha value is -2.28. The zero-order chi connectivity index (χ0) is 16.1. The first-order valence-corrected chi connectivity index (χ1v) is 7.09. The second-order valence-corrected chi connectivity index (χ2v) is 4.69. The van der Waals surface area contributed by atoms with Crippen molar-refractivity contribution in [3.05, 3.63) is 33.0 Å². The molecule has 0 bridgehead atoms. The minimum absolute atomic E-state index is 0.304. The molecule has 0 saturated carbocycles. The van der Waals surface area contributed by atoms with Crippen LogP contribution in [0.2, 0.25) is 0 Å². The Labute approximate surface area is 127 Å². The maximum atomic E-state index is 12.5. The van der Waals surface area contributed by atoms with E-state index < -0.39 is 5.69 Å². The van der Waals surface area contributed by atoms with Crippen molar-refractivity contribution in [2.24, 2.45) is 0 Å². The van der Waals surface area contributed by atoms with Crippen LogP contribution in [-0.2, 0) is 11.3 Å². The fourth-order valence-corrected chi connectivity index (χ4v) is 2.25. The SMILES string of the molecule is CCOCCCn1c(=O)[nH]c2cc(OC)c(OC)cc2c1=O. The van der Waals surface area contributed by atoms with Gasteiger partial charge in [-0.3, -0.25) is 9.36 Å². The molecule has 0 fully saturated rings. The summed E-state index contributed by atoms with van der Waals surface area (Å²) in [5.74, 6) is 0.902. The smallest absolute Gasteiger partial charge is 0.328 e. The molecule has 1 N–H and O–H groups in total. The predicted octanol–water partition coefficient (Wildman–Crippen LogP) is 1.13. The van der Waals surface area contributed by atoms with Crippen molar-refractivity contribution in [1.82, 2.24) is 9.55 Å². The van der Waals surface area contributed by atoms with E-state index in [4.69, 9.17) is 14.2 Å². The average molecular weight is 308 g/mol. The molecule has 0 aliphatic rings. The molecule has 0 radical (unpaired) electrons. The van der Waals surface area contributed by atoms with Gasteiger partial charge in [0.2, 0.25) is 0 Å². The van der Waals surface area contributed by atoms with Crippen LogP contribution in [0.3, 0.4) is 0 Å². The number of hydrogen-bond acceptors (Lipinski definition) is 5. The third-order valence-corrected chi connectivity index (χ3v) is 3.36. The van der Waals surface area contributed by atoms with Gasteiger partial charge in [-0.05, 0) is 19.4 Å². The second kappa shape index (κ2) is 7.13. The Morgan fingerprint density at radius 3 is 2.45 bits per heavy atom. The molecular formula is C15H20N2O5. The van der Waals surface area contributed by atoms with E-state index in [1.165, 1.54) is 18.8 Å². The van der Waals surface area contributed by atoms with Crippen LogP contribution in [0, 0.1) is 0 Å². The van der Waals surface area contributed by atoms with Crippen molar-refractivity contribution in [3.8, 4) is 11.5 Å². The number of nitrogens with one attached hydrogen (secondary N) is 1. The molecule has 120 valence electrons. The predicted molar refractivity (Wildman–Crippen MR) is 83.0 cm³/mol. The van der Waals surface area contributed by atoms with Crippen molar-refractivity contribution in [3.63, 3.8) is 0 Å². The van der Waals surface area contributed by atoms with Crippen molar-refractivity contribution >= 4 is 10.9 Å². The van der Waals surface area contributed by atoms with Gasteiger partial charge in [0.1, 0.15) is 0 Å². The summed E-state index contributed by atoms with van der Waals surface area (Å²) in [6.07, 6.45) is 0.593. The molecule has 0 aliphatic heterocycles. The second-order valence-electron chi connectivity index (χ2n) is 4.69. The van der Waals surface area contributed by atoms with Gasteiger partial charge in [-0.2, -0.15) is 0 Å². The molecule has 7 nitrogen and oxygen atoms in total. The van der Waals surface area contributed by atoms with Gasteiger partial charge in [0, 0.05) is 25.8 Å². The zero-order valence-electron chi connectivity index (χ0n) is 13.0. The van der Waals surface area contributed by atoms with Gasteiger partial charge in [-0.15, -0.1) is 0 Å². The maximum absolute atomic E-state index is 12.5. The summed E-state index contributed by atoms with van der Waals surface area (Å²) in [7, 11) is 2.99. The molecule has 1 heterocycles. The van der Waals surface area contributed by atoms with Gasteiger partial charge in [0.25, 0.3) is 5.56 Å². The fourth-order valence-electron chi connectivity index (χ4n) is 2.25. The summed E-state index contributed by atoms with van der Waals surface area (Å²) >= 11 is 0. The quantitative estimate of drug-likeness (QED) is 0.775. The highest BCUT2D eigenvalue weighted by molar-refractivity contribution is 5.81. The van der Waals surface area contributed by atoms with E-state index >= 15 is 0 Å². The van der Waals surface area contributed by atoms with Gasteiger partial charge >= 0.3 is 5.69 Å². The van der Waals surface area contributed by atoms with Crippen molar-refractivity contribution < 1.29 is 14.2 Å². The molecule has 0 saturated heterocycles. The fraction of sp³-hybridized carbons (Fsp3) is 0.467. The number of H-pyrrole nitrogens is 1. The molecule has 1 aromatic carbocycles. The van der Waals surface area contributed by atoms with Crippen LogP contribution in [0.5, 0.6) is 11.5 Å².